The Bertz CT molecular complexity index is 755. The first kappa shape index (κ1) is 10.8. The monoisotopic (exact) mass is 252 g/mol. The van der Waals surface area contributed by atoms with Crippen molar-refractivity contribution >= 4 is 22.4 Å². The quantitative estimate of drug-likeness (QED) is 0.779. The van der Waals surface area contributed by atoms with Crippen LogP contribution in [0.2, 0.25) is 0 Å². The zero-order chi connectivity index (χ0) is 12.8. The molecule has 0 unspecified atom stereocenters. The Morgan fingerprint density at radius 2 is 2.16 bits per heavy atom. The molecule has 0 amide bonds. The lowest BCUT2D eigenvalue weighted by molar-refractivity contribution is 0.882. The van der Waals surface area contributed by atoms with Crippen molar-refractivity contribution in [2.45, 2.75) is 19.8 Å². The van der Waals surface area contributed by atoms with Gasteiger partial charge in [0.25, 0.3) is 0 Å². The number of hydrogen-bond acceptors (Lipinski definition) is 3. The average molecular weight is 252 g/mol. The van der Waals surface area contributed by atoms with Gasteiger partial charge in [-0.05, 0) is 37.8 Å². The van der Waals surface area contributed by atoms with Gasteiger partial charge in [-0.15, -0.1) is 0 Å². The van der Waals surface area contributed by atoms with E-state index in [4.69, 9.17) is 4.98 Å². The van der Waals surface area contributed by atoms with Crippen LogP contribution in [0.1, 0.15) is 18.5 Å². The molecule has 1 saturated carbocycles. The lowest BCUT2D eigenvalue weighted by Crippen LogP contribution is -2.07. The number of nitrogens with one attached hydrogen (secondary N) is 1. The molecule has 0 radical (unpaired) electrons. The second-order valence-corrected chi connectivity index (χ2v) is 5.36. The third-order valence-electron chi connectivity index (χ3n) is 3.68. The maximum Gasteiger partial charge on any atom is 0.158 e. The minimum absolute atomic E-state index is 0.837. The van der Waals surface area contributed by atoms with Crippen LogP contribution in [0.25, 0.3) is 16.6 Å². The predicted molar refractivity (Wildman–Crippen MR) is 76.4 cm³/mol. The third-order valence-corrected chi connectivity index (χ3v) is 3.68. The molecule has 0 saturated heterocycles. The van der Waals surface area contributed by atoms with E-state index in [0.717, 1.165) is 40.5 Å². The molecule has 1 N–H and O–H groups in total. The van der Waals surface area contributed by atoms with Crippen molar-refractivity contribution in [1.29, 1.82) is 0 Å². The molecule has 1 fully saturated rings. The molecule has 1 aliphatic carbocycles. The third kappa shape index (κ3) is 1.84. The summed E-state index contributed by atoms with van der Waals surface area (Å²) in [5.41, 5.74) is 3.02. The van der Waals surface area contributed by atoms with Crippen LogP contribution in [0.5, 0.6) is 0 Å². The highest BCUT2D eigenvalue weighted by Gasteiger charge is 2.21. The van der Waals surface area contributed by atoms with Crippen molar-refractivity contribution in [2.75, 3.05) is 11.9 Å². The highest BCUT2D eigenvalue weighted by atomic mass is 15.3. The number of para-hydroxylation sites is 1. The summed E-state index contributed by atoms with van der Waals surface area (Å²) in [6.07, 6.45) is 2.69. The Labute approximate surface area is 111 Å². The lowest BCUT2D eigenvalue weighted by atomic mass is 10.2. The first-order valence-electron chi connectivity index (χ1n) is 6.80. The summed E-state index contributed by atoms with van der Waals surface area (Å²) in [7, 11) is 0. The van der Waals surface area contributed by atoms with Gasteiger partial charge in [0.05, 0.1) is 11.2 Å². The summed E-state index contributed by atoms with van der Waals surface area (Å²) in [6.45, 7) is 3.03. The van der Waals surface area contributed by atoms with Crippen molar-refractivity contribution in [3.05, 3.63) is 36.0 Å². The molecular formula is C15H16N4. The Balaban J connectivity index is 1.92. The summed E-state index contributed by atoms with van der Waals surface area (Å²) >= 11 is 0. The van der Waals surface area contributed by atoms with Crippen molar-refractivity contribution in [3.8, 4) is 0 Å². The van der Waals surface area contributed by atoms with Crippen molar-refractivity contribution in [3.63, 3.8) is 0 Å². The highest BCUT2D eigenvalue weighted by molar-refractivity contribution is 5.91. The van der Waals surface area contributed by atoms with E-state index in [1.54, 1.807) is 0 Å². The van der Waals surface area contributed by atoms with Gasteiger partial charge in [-0.2, -0.15) is 5.10 Å². The van der Waals surface area contributed by atoms with E-state index < -0.39 is 0 Å². The Morgan fingerprint density at radius 3 is 3.00 bits per heavy atom. The minimum Gasteiger partial charge on any atom is -0.369 e. The molecule has 2 heterocycles. The molecule has 4 rings (SSSR count). The fourth-order valence-electron chi connectivity index (χ4n) is 2.47. The molecule has 3 aromatic rings. The topological polar surface area (TPSA) is 42.2 Å². The van der Waals surface area contributed by atoms with Crippen LogP contribution in [-0.4, -0.2) is 21.1 Å². The Kier molecular flexibility index (Phi) is 2.24. The van der Waals surface area contributed by atoms with Crippen molar-refractivity contribution < 1.29 is 0 Å². The highest BCUT2D eigenvalue weighted by Crippen LogP contribution is 2.30. The van der Waals surface area contributed by atoms with Gasteiger partial charge >= 0.3 is 0 Å². The molecule has 0 bridgehead atoms. The molecule has 1 aliphatic rings. The Hall–Kier alpha value is -2.10. The van der Waals surface area contributed by atoms with E-state index in [1.165, 1.54) is 12.8 Å². The van der Waals surface area contributed by atoms with E-state index in [0.29, 0.717) is 0 Å². The second-order valence-electron chi connectivity index (χ2n) is 5.36. The molecule has 4 nitrogen and oxygen atoms in total. The van der Waals surface area contributed by atoms with Crippen molar-refractivity contribution in [2.24, 2.45) is 5.92 Å². The van der Waals surface area contributed by atoms with Crippen LogP contribution in [-0.2, 0) is 0 Å². The smallest absolute Gasteiger partial charge is 0.158 e. The molecule has 0 aliphatic heterocycles. The van der Waals surface area contributed by atoms with Gasteiger partial charge in [0.2, 0.25) is 0 Å². The number of hydrogen-bond donors (Lipinski definition) is 1. The molecule has 19 heavy (non-hydrogen) atoms. The van der Waals surface area contributed by atoms with Crippen LogP contribution in [0.4, 0.5) is 5.82 Å². The fourth-order valence-corrected chi connectivity index (χ4v) is 2.47. The van der Waals surface area contributed by atoms with Crippen LogP contribution in [0, 0.1) is 12.8 Å². The molecule has 4 heteroatoms. The molecule has 1 aromatic carbocycles. The molecular weight excluding hydrogens is 236 g/mol. The second kappa shape index (κ2) is 3.95. The number of fused-ring (bicyclic) bond motifs is 3. The maximum atomic E-state index is 4.71. The summed E-state index contributed by atoms with van der Waals surface area (Å²) in [5, 5.41) is 9.15. The normalized spacial score (nSPS) is 15.2. The lowest BCUT2D eigenvalue weighted by Gasteiger charge is -2.09. The maximum absolute atomic E-state index is 4.71. The van der Waals surface area contributed by atoms with E-state index in [1.807, 2.05) is 23.6 Å². The number of rotatable bonds is 3. The summed E-state index contributed by atoms with van der Waals surface area (Å²) in [4.78, 5) is 4.71. The fraction of sp³-hybridized carbons (Fsp3) is 0.333. The zero-order valence-electron chi connectivity index (χ0n) is 10.9. The van der Waals surface area contributed by atoms with Gasteiger partial charge in [-0.1, -0.05) is 12.1 Å². The van der Waals surface area contributed by atoms with Crippen LogP contribution >= 0.6 is 0 Å². The zero-order valence-corrected chi connectivity index (χ0v) is 10.9. The average Bonchev–Trinajstić information content (AvgIpc) is 3.17. The molecule has 0 atom stereocenters. The van der Waals surface area contributed by atoms with Gasteiger partial charge in [0, 0.05) is 18.0 Å². The number of benzene rings is 1. The van der Waals surface area contributed by atoms with Gasteiger partial charge in [0.1, 0.15) is 5.82 Å². The van der Waals surface area contributed by atoms with Gasteiger partial charge < -0.3 is 5.32 Å². The van der Waals surface area contributed by atoms with Crippen LogP contribution < -0.4 is 5.32 Å². The van der Waals surface area contributed by atoms with E-state index >= 15 is 0 Å². The Morgan fingerprint density at radius 1 is 1.32 bits per heavy atom. The summed E-state index contributed by atoms with van der Waals surface area (Å²) < 4.78 is 1.92. The predicted octanol–water partition coefficient (Wildman–Crippen LogP) is 3.01. The van der Waals surface area contributed by atoms with E-state index in [2.05, 4.69) is 28.6 Å². The largest absolute Gasteiger partial charge is 0.369 e. The van der Waals surface area contributed by atoms with Gasteiger partial charge in [0.15, 0.2) is 5.65 Å². The summed E-state index contributed by atoms with van der Waals surface area (Å²) in [6, 6.07) is 10.3. The van der Waals surface area contributed by atoms with E-state index in [9.17, 15) is 0 Å². The van der Waals surface area contributed by atoms with E-state index in [-0.39, 0.29) is 0 Å². The first-order chi connectivity index (χ1) is 9.31. The van der Waals surface area contributed by atoms with Gasteiger partial charge in [-0.3, -0.25) is 0 Å². The number of aryl methyl sites for hydroxylation is 1. The number of nitrogens with zero attached hydrogens (tertiary/aromatic N) is 3. The van der Waals surface area contributed by atoms with Crippen molar-refractivity contribution in [1.82, 2.24) is 14.6 Å². The first-order valence-corrected chi connectivity index (χ1v) is 6.80. The number of aromatic nitrogens is 3. The number of anilines is 1. The minimum atomic E-state index is 0.837. The standard InChI is InChI=1S/C15H16N4/c1-10-8-14-17-15(16-9-11-6-7-11)12-4-2-3-5-13(12)19(14)18-10/h2-5,8,11H,6-7,9H2,1H3,(H,16,17). The molecule has 0 spiro atoms. The molecule has 96 valence electrons. The van der Waals surface area contributed by atoms with Crippen LogP contribution in [0.15, 0.2) is 30.3 Å². The van der Waals surface area contributed by atoms with Gasteiger partial charge in [-0.25, -0.2) is 9.50 Å². The molecule has 2 aromatic heterocycles. The van der Waals surface area contributed by atoms with Crippen LogP contribution in [0.3, 0.4) is 0 Å². The SMILES string of the molecule is Cc1cc2nc(NCC3CC3)c3ccccc3n2n1. The summed E-state index contributed by atoms with van der Waals surface area (Å²) in [5.74, 6) is 1.82.